The first-order chi connectivity index (χ1) is 16.2. The molecule has 0 amide bonds. The number of aryl methyl sites for hydroxylation is 1. The average molecular weight is 476 g/mol. The lowest BCUT2D eigenvalue weighted by Gasteiger charge is -2.31. The number of rotatable bonds is 7. The number of hydrogen-bond donors (Lipinski definition) is 0. The molecule has 7 heteroatoms. The Morgan fingerprint density at radius 3 is 2.15 bits per heavy atom. The van der Waals surface area contributed by atoms with Crippen molar-refractivity contribution in [1.29, 1.82) is 0 Å². The first-order valence-electron chi connectivity index (χ1n) is 11.4. The molecule has 1 atom stereocenters. The third kappa shape index (κ3) is 4.54. The molecule has 0 saturated heterocycles. The number of nitrogens with zero attached hydrogens (tertiary/aromatic N) is 3. The van der Waals surface area contributed by atoms with E-state index in [0.717, 1.165) is 5.56 Å². The number of benzene rings is 3. The fourth-order valence-corrected chi connectivity index (χ4v) is 5.81. The Morgan fingerprint density at radius 2 is 1.50 bits per heavy atom. The zero-order valence-electron chi connectivity index (χ0n) is 19.8. The van der Waals surface area contributed by atoms with Crippen molar-refractivity contribution in [2.75, 3.05) is 6.54 Å². The first kappa shape index (κ1) is 23.9. The van der Waals surface area contributed by atoms with Gasteiger partial charge in [0.2, 0.25) is 10.0 Å². The van der Waals surface area contributed by atoms with Crippen LogP contribution in [0.25, 0.3) is 16.6 Å². The van der Waals surface area contributed by atoms with E-state index in [-0.39, 0.29) is 22.9 Å². The van der Waals surface area contributed by atoms with Gasteiger partial charge in [0.25, 0.3) is 5.56 Å². The van der Waals surface area contributed by atoms with Gasteiger partial charge in [-0.05, 0) is 56.2 Å². The lowest BCUT2D eigenvalue weighted by Crippen LogP contribution is -2.39. The van der Waals surface area contributed by atoms with Crippen LogP contribution in [0.1, 0.15) is 38.2 Å². The predicted octanol–water partition coefficient (Wildman–Crippen LogP) is 5.10. The van der Waals surface area contributed by atoms with Gasteiger partial charge in [0.15, 0.2) is 0 Å². The van der Waals surface area contributed by atoms with Gasteiger partial charge >= 0.3 is 0 Å². The predicted molar refractivity (Wildman–Crippen MR) is 136 cm³/mol. The van der Waals surface area contributed by atoms with Crippen LogP contribution in [0.4, 0.5) is 0 Å². The molecule has 0 fully saturated rings. The summed E-state index contributed by atoms with van der Waals surface area (Å²) < 4.78 is 30.6. The van der Waals surface area contributed by atoms with Crippen molar-refractivity contribution >= 4 is 20.9 Å². The molecular weight excluding hydrogens is 446 g/mol. The van der Waals surface area contributed by atoms with Crippen LogP contribution in [0, 0.1) is 12.8 Å². The molecule has 0 aliphatic carbocycles. The van der Waals surface area contributed by atoms with Gasteiger partial charge in [0, 0.05) is 6.54 Å². The van der Waals surface area contributed by atoms with Gasteiger partial charge in [-0.15, -0.1) is 0 Å². The SMILES string of the molecule is Cc1ccc(S(=O)(=O)N(CC(C)C)C(C)c2nc3ccccc3c(=O)n2-c2ccccc2)cc1. The normalized spacial score (nSPS) is 13.0. The standard InChI is InChI=1S/C27H29N3O3S/c1-19(2)18-29(34(32,33)23-16-14-20(3)15-17-23)21(4)26-28-25-13-9-8-12-24(25)27(31)30(26)22-10-6-5-7-11-22/h5-17,19,21H,18H2,1-4H3. The van der Waals surface area contributed by atoms with Gasteiger partial charge < -0.3 is 0 Å². The third-order valence-electron chi connectivity index (χ3n) is 5.79. The first-order valence-corrected chi connectivity index (χ1v) is 12.8. The summed E-state index contributed by atoms with van der Waals surface area (Å²) in [7, 11) is -3.85. The van der Waals surface area contributed by atoms with Gasteiger partial charge in [-0.1, -0.05) is 61.9 Å². The number of sulfonamides is 1. The van der Waals surface area contributed by atoms with Crippen LogP contribution in [0.3, 0.4) is 0 Å². The van der Waals surface area contributed by atoms with Gasteiger partial charge in [0.05, 0.1) is 27.5 Å². The van der Waals surface area contributed by atoms with Crippen LogP contribution in [0.5, 0.6) is 0 Å². The van der Waals surface area contributed by atoms with Crippen LogP contribution in [0.2, 0.25) is 0 Å². The monoisotopic (exact) mass is 475 g/mol. The molecule has 3 aromatic carbocycles. The Balaban J connectivity index is 1.95. The van der Waals surface area contributed by atoms with E-state index < -0.39 is 16.1 Å². The van der Waals surface area contributed by atoms with E-state index in [9.17, 15) is 13.2 Å². The molecule has 1 heterocycles. The van der Waals surface area contributed by atoms with Gasteiger partial charge in [0.1, 0.15) is 5.82 Å². The van der Waals surface area contributed by atoms with Crippen molar-refractivity contribution in [3.8, 4) is 5.69 Å². The molecule has 0 N–H and O–H groups in total. The summed E-state index contributed by atoms with van der Waals surface area (Å²) >= 11 is 0. The molecule has 4 aromatic rings. The Bertz CT molecular complexity index is 1460. The lowest BCUT2D eigenvalue weighted by atomic mass is 10.1. The Labute approximate surface area is 200 Å². The Morgan fingerprint density at radius 1 is 0.882 bits per heavy atom. The maximum Gasteiger partial charge on any atom is 0.266 e. The molecule has 0 radical (unpaired) electrons. The van der Waals surface area contributed by atoms with Crippen molar-refractivity contribution in [1.82, 2.24) is 13.9 Å². The zero-order chi connectivity index (χ0) is 24.5. The van der Waals surface area contributed by atoms with Gasteiger partial charge in [-0.25, -0.2) is 13.4 Å². The topological polar surface area (TPSA) is 72.3 Å². The number of aromatic nitrogens is 2. The second-order valence-corrected chi connectivity index (χ2v) is 10.8. The molecule has 176 valence electrons. The fraction of sp³-hybridized carbons (Fsp3) is 0.259. The van der Waals surface area contributed by atoms with Crippen LogP contribution in [-0.2, 0) is 10.0 Å². The molecule has 0 aliphatic rings. The van der Waals surface area contributed by atoms with E-state index >= 15 is 0 Å². The Kier molecular flexibility index (Phi) is 6.68. The van der Waals surface area contributed by atoms with Gasteiger partial charge in [-0.3, -0.25) is 9.36 Å². The minimum Gasteiger partial charge on any atom is -0.268 e. The van der Waals surface area contributed by atoms with E-state index in [1.807, 2.05) is 57.2 Å². The van der Waals surface area contributed by atoms with Crippen molar-refractivity contribution in [3.05, 3.63) is 101 Å². The highest BCUT2D eigenvalue weighted by Crippen LogP contribution is 2.29. The summed E-state index contributed by atoms with van der Waals surface area (Å²) in [4.78, 5) is 18.7. The van der Waals surface area contributed by atoms with Gasteiger partial charge in [-0.2, -0.15) is 4.31 Å². The second-order valence-electron chi connectivity index (χ2n) is 8.92. The maximum absolute atomic E-state index is 13.8. The van der Waals surface area contributed by atoms with E-state index in [0.29, 0.717) is 22.4 Å². The smallest absolute Gasteiger partial charge is 0.266 e. The van der Waals surface area contributed by atoms with Crippen LogP contribution >= 0.6 is 0 Å². The quantitative estimate of drug-likeness (QED) is 0.373. The second kappa shape index (κ2) is 9.52. The number of fused-ring (bicyclic) bond motifs is 1. The van der Waals surface area contributed by atoms with E-state index in [1.165, 1.54) is 8.87 Å². The molecule has 34 heavy (non-hydrogen) atoms. The Hall–Kier alpha value is -3.29. The zero-order valence-corrected chi connectivity index (χ0v) is 20.7. The largest absolute Gasteiger partial charge is 0.268 e. The fourth-order valence-electron chi connectivity index (χ4n) is 4.06. The highest BCUT2D eigenvalue weighted by molar-refractivity contribution is 7.89. The lowest BCUT2D eigenvalue weighted by molar-refractivity contribution is 0.296. The van der Waals surface area contributed by atoms with Crippen LogP contribution in [0.15, 0.2) is 88.6 Å². The van der Waals surface area contributed by atoms with Crippen molar-refractivity contribution < 1.29 is 8.42 Å². The highest BCUT2D eigenvalue weighted by atomic mass is 32.2. The summed E-state index contributed by atoms with van der Waals surface area (Å²) in [5.41, 5.74) is 1.94. The third-order valence-corrected chi connectivity index (χ3v) is 7.74. The summed E-state index contributed by atoms with van der Waals surface area (Å²) in [5.74, 6) is 0.450. The van der Waals surface area contributed by atoms with E-state index in [4.69, 9.17) is 4.98 Å². The van der Waals surface area contributed by atoms with E-state index in [2.05, 4.69) is 0 Å². The minimum absolute atomic E-state index is 0.0695. The average Bonchev–Trinajstić information content (AvgIpc) is 2.82. The summed E-state index contributed by atoms with van der Waals surface area (Å²) in [6.45, 7) is 7.95. The maximum atomic E-state index is 13.8. The van der Waals surface area contributed by atoms with E-state index in [1.54, 1.807) is 49.4 Å². The molecule has 4 rings (SSSR count). The molecule has 0 saturated carbocycles. The molecule has 6 nitrogen and oxygen atoms in total. The summed E-state index contributed by atoms with van der Waals surface area (Å²) in [6.07, 6.45) is 0. The molecule has 0 aliphatic heterocycles. The van der Waals surface area contributed by atoms with Crippen LogP contribution in [-0.4, -0.2) is 28.8 Å². The van der Waals surface area contributed by atoms with Crippen LogP contribution < -0.4 is 5.56 Å². The van der Waals surface area contributed by atoms with Crippen molar-refractivity contribution in [3.63, 3.8) is 0 Å². The molecule has 1 unspecified atom stereocenters. The summed E-state index contributed by atoms with van der Waals surface area (Å²) in [5, 5.41) is 0.485. The molecule has 0 bridgehead atoms. The highest BCUT2D eigenvalue weighted by Gasteiger charge is 2.33. The molecule has 1 aromatic heterocycles. The van der Waals surface area contributed by atoms with Crippen molar-refractivity contribution in [2.45, 2.75) is 38.6 Å². The minimum atomic E-state index is -3.85. The van der Waals surface area contributed by atoms with Crippen molar-refractivity contribution in [2.24, 2.45) is 5.92 Å². The molecule has 0 spiro atoms. The summed E-state index contributed by atoms with van der Waals surface area (Å²) in [6, 6.07) is 22.5. The number of para-hydroxylation sites is 2. The molecular formula is C27H29N3O3S. The number of hydrogen-bond acceptors (Lipinski definition) is 4.